The van der Waals surface area contributed by atoms with Gasteiger partial charge in [0.15, 0.2) is 0 Å². The van der Waals surface area contributed by atoms with Crippen LogP contribution in [0.2, 0.25) is 0 Å². The molecule has 100 valence electrons. The molecule has 2 rings (SSSR count). The number of ether oxygens (including phenoxy) is 2. The van der Waals surface area contributed by atoms with Crippen molar-refractivity contribution >= 4 is 0 Å². The normalized spacial score (nSPS) is 10.4. The zero-order valence-corrected chi connectivity index (χ0v) is 11.0. The highest BCUT2D eigenvalue weighted by Gasteiger charge is 2.01. The molecular weight excluding hydrogens is 240 g/mol. The fraction of sp³-hybridized carbons (Fsp3) is 0.267. The van der Waals surface area contributed by atoms with Crippen molar-refractivity contribution in [2.24, 2.45) is 5.73 Å². The predicted octanol–water partition coefficient (Wildman–Crippen LogP) is 2.52. The molecule has 0 aliphatic heterocycles. The SMILES string of the molecule is COCc1cccc(Oc2cncc(CCN)c2)c1. The molecule has 19 heavy (non-hydrogen) atoms. The quantitative estimate of drug-likeness (QED) is 0.865. The van der Waals surface area contributed by atoms with Crippen LogP contribution in [0.25, 0.3) is 0 Å². The number of nitrogens with zero attached hydrogens (tertiary/aromatic N) is 1. The zero-order chi connectivity index (χ0) is 13.5. The molecule has 2 aromatic rings. The third-order valence-electron chi connectivity index (χ3n) is 2.65. The molecular formula is C15H18N2O2. The van der Waals surface area contributed by atoms with E-state index in [0.717, 1.165) is 29.0 Å². The number of methoxy groups -OCH3 is 1. The fourth-order valence-electron chi connectivity index (χ4n) is 1.82. The van der Waals surface area contributed by atoms with Crippen molar-refractivity contribution in [3.63, 3.8) is 0 Å². The molecule has 0 bridgehead atoms. The minimum absolute atomic E-state index is 0.572. The number of hydrogen-bond donors (Lipinski definition) is 1. The van der Waals surface area contributed by atoms with Crippen LogP contribution in [-0.2, 0) is 17.8 Å². The number of hydrogen-bond acceptors (Lipinski definition) is 4. The summed E-state index contributed by atoms with van der Waals surface area (Å²) in [6.45, 7) is 1.18. The van der Waals surface area contributed by atoms with Gasteiger partial charge in [-0.1, -0.05) is 12.1 Å². The standard InChI is InChI=1S/C15H18N2O2/c1-18-11-13-3-2-4-14(8-13)19-15-7-12(5-6-16)9-17-10-15/h2-4,7-10H,5-6,11,16H2,1H3. The Morgan fingerprint density at radius 2 is 1.95 bits per heavy atom. The van der Waals surface area contributed by atoms with Crippen LogP contribution in [-0.4, -0.2) is 18.6 Å². The summed E-state index contributed by atoms with van der Waals surface area (Å²) in [7, 11) is 1.67. The summed E-state index contributed by atoms with van der Waals surface area (Å²) < 4.78 is 10.9. The lowest BCUT2D eigenvalue weighted by Gasteiger charge is -2.08. The first-order chi connectivity index (χ1) is 9.31. The van der Waals surface area contributed by atoms with Crippen molar-refractivity contribution in [2.45, 2.75) is 13.0 Å². The van der Waals surface area contributed by atoms with Gasteiger partial charge in [-0.15, -0.1) is 0 Å². The van der Waals surface area contributed by atoms with E-state index in [1.165, 1.54) is 0 Å². The molecule has 0 unspecified atom stereocenters. The third-order valence-corrected chi connectivity index (χ3v) is 2.65. The van der Waals surface area contributed by atoms with Crippen LogP contribution in [0.5, 0.6) is 11.5 Å². The summed E-state index contributed by atoms with van der Waals surface area (Å²) in [5.41, 5.74) is 7.69. The molecule has 0 aliphatic carbocycles. The van der Waals surface area contributed by atoms with Crippen molar-refractivity contribution in [2.75, 3.05) is 13.7 Å². The first-order valence-corrected chi connectivity index (χ1v) is 6.21. The molecule has 0 atom stereocenters. The Kier molecular flexibility index (Phi) is 4.89. The van der Waals surface area contributed by atoms with Crippen LogP contribution < -0.4 is 10.5 Å². The van der Waals surface area contributed by atoms with Crippen molar-refractivity contribution < 1.29 is 9.47 Å². The Labute approximate surface area is 113 Å². The van der Waals surface area contributed by atoms with E-state index in [-0.39, 0.29) is 0 Å². The summed E-state index contributed by atoms with van der Waals surface area (Å²) in [5.74, 6) is 1.50. The Balaban J connectivity index is 2.11. The first kappa shape index (κ1) is 13.5. The lowest BCUT2D eigenvalue weighted by Crippen LogP contribution is -2.03. The van der Waals surface area contributed by atoms with E-state index in [4.69, 9.17) is 15.2 Å². The molecule has 0 fully saturated rings. The van der Waals surface area contributed by atoms with Crippen molar-refractivity contribution in [1.82, 2.24) is 4.98 Å². The Morgan fingerprint density at radius 3 is 2.74 bits per heavy atom. The van der Waals surface area contributed by atoms with E-state index in [1.54, 1.807) is 19.5 Å². The van der Waals surface area contributed by atoms with Gasteiger partial charge in [0.2, 0.25) is 0 Å². The van der Waals surface area contributed by atoms with E-state index in [9.17, 15) is 0 Å². The zero-order valence-electron chi connectivity index (χ0n) is 11.0. The van der Waals surface area contributed by atoms with E-state index in [2.05, 4.69) is 4.98 Å². The minimum atomic E-state index is 0.572. The van der Waals surface area contributed by atoms with Gasteiger partial charge in [0.25, 0.3) is 0 Å². The Hall–Kier alpha value is -1.91. The van der Waals surface area contributed by atoms with Crippen LogP contribution >= 0.6 is 0 Å². The number of aromatic nitrogens is 1. The van der Waals surface area contributed by atoms with E-state index in [1.807, 2.05) is 30.3 Å². The Bertz CT molecular complexity index is 482. The third kappa shape index (κ3) is 4.05. The van der Waals surface area contributed by atoms with E-state index in [0.29, 0.717) is 13.2 Å². The summed E-state index contributed by atoms with van der Waals surface area (Å²) in [6.07, 6.45) is 4.30. The first-order valence-electron chi connectivity index (χ1n) is 6.21. The minimum Gasteiger partial charge on any atom is -0.456 e. The van der Waals surface area contributed by atoms with Crippen LogP contribution in [0.1, 0.15) is 11.1 Å². The fourth-order valence-corrected chi connectivity index (χ4v) is 1.82. The van der Waals surface area contributed by atoms with Crippen LogP contribution in [0.3, 0.4) is 0 Å². The number of benzene rings is 1. The number of nitrogens with two attached hydrogens (primary N) is 1. The predicted molar refractivity (Wildman–Crippen MR) is 74.2 cm³/mol. The van der Waals surface area contributed by atoms with Crippen molar-refractivity contribution in [3.05, 3.63) is 53.9 Å². The van der Waals surface area contributed by atoms with Crippen molar-refractivity contribution in [1.29, 1.82) is 0 Å². The average Bonchev–Trinajstić information content (AvgIpc) is 2.40. The smallest absolute Gasteiger partial charge is 0.145 e. The molecule has 0 amide bonds. The van der Waals surface area contributed by atoms with E-state index >= 15 is 0 Å². The molecule has 1 heterocycles. The molecule has 4 heteroatoms. The maximum atomic E-state index is 5.79. The second-order valence-electron chi connectivity index (χ2n) is 4.25. The van der Waals surface area contributed by atoms with Gasteiger partial charge in [-0.2, -0.15) is 0 Å². The van der Waals surface area contributed by atoms with Gasteiger partial charge in [0.05, 0.1) is 12.8 Å². The lowest BCUT2D eigenvalue weighted by atomic mass is 10.2. The van der Waals surface area contributed by atoms with Gasteiger partial charge in [-0.05, 0) is 42.3 Å². The van der Waals surface area contributed by atoms with Gasteiger partial charge in [-0.25, -0.2) is 0 Å². The second-order valence-corrected chi connectivity index (χ2v) is 4.25. The highest BCUT2D eigenvalue weighted by Crippen LogP contribution is 2.22. The summed E-state index contributed by atoms with van der Waals surface area (Å²) >= 11 is 0. The molecule has 1 aromatic heterocycles. The van der Waals surface area contributed by atoms with Gasteiger partial charge in [-0.3, -0.25) is 4.98 Å². The van der Waals surface area contributed by atoms with E-state index < -0.39 is 0 Å². The molecule has 0 saturated carbocycles. The maximum absolute atomic E-state index is 5.79. The maximum Gasteiger partial charge on any atom is 0.145 e. The van der Waals surface area contributed by atoms with Crippen LogP contribution in [0.15, 0.2) is 42.7 Å². The topological polar surface area (TPSA) is 57.4 Å². The second kappa shape index (κ2) is 6.87. The molecule has 4 nitrogen and oxygen atoms in total. The summed E-state index contributed by atoms with van der Waals surface area (Å²) in [6, 6.07) is 9.77. The number of rotatable bonds is 6. The van der Waals surface area contributed by atoms with Gasteiger partial charge < -0.3 is 15.2 Å². The van der Waals surface area contributed by atoms with Crippen LogP contribution in [0.4, 0.5) is 0 Å². The summed E-state index contributed by atoms with van der Waals surface area (Å²) in [5, 5.41) is 0. The van der Waals surface area contributed by atoms with Crippen molar-refractivity contribution in [3.8, 4) is 11.5 Å². The monoisotopic (exact) mass is 258 g/mol. The lowest BCUT2D eigenvalue weighted by molar-refractivity contribution is 0.184. The van der Waals surface area contributed by atoms with Gasteiger partial charge in [0.1, 0.15) is 11.5 Å². The van der Waals surface area contributed by atoms with Crippen LogP contribution in [0, 0.1) is 0 Å². The number of pyridine rings is 1. The van der Waals surface area contributed by atoms with Gasteiger partial charge in [0, 0.05) is 13.3 Å². The molecule has 0 radical (unpaired) electrons. The summed E-state index contributed by atoms with van der Waals surface area (Å²) in [4.78, 5) is 4.15. The molecule has 0 aliphatic rings. The largest absolute Gasteiger partial charge is 0.456 e. The molecule has 2 N–H and O–H groups in total. The molecule has 0 spiro atoms. The molecule has 0 saturated heterocycles. The Morgan fingerprint density at radius 1 is 1.11 bits per heavy atom. The molecule has 1 aromatic carbocycles. The average molecular weight is 258 g/mol. The highest BCUT2D eigenvalue weighted by atomic mass is 16.5. The highest BCUT2D eigenvalue weighted by molar-refractivity contribution is 5.34. The van der Waals surface area contributed by atoms with Gasteiger partial charge >= 0.3 is 0 Å².